The van der Waals surface area contributed by atoms with Gasteiger partial charge in [-0.05, 0) is 36.8 Å². The van der Waals surface area contributed by atoms with E-state index >= 15 is 0 Å². The minimum Gasteiger partial charge on any atom is -0.486 e. The Morgan fingerprint density at radius 3 is 2.74 bits per heavy atom. The number of oxazole rings is 1. The van der Waals surface area contributed by atoms with Gasteiger partial charge in [-0.25, -0.2) is 0 Å². The van der Waals surface area contributed by atoms with Gasteiger partial charge in [-0.15, -0.1) is 0 Å². The van der Waals surface area contributed by atoms with E-state index in [1.807, 2.05) is 37.3 Å². The lowest BCUT2D eigenvalue weighted by Crippen LogP contribution is -2.51. The lowest BCUT2D eigenvalue weighted by molar-refractivity contribution is 0.0221. The van der Waals surface area contributed by atoms with Crippen LogP contribution in [0.3, 0.4) is 0 Å². The normalized spacial score (nSPS) is 18.6. The fourth-order valence-corrected chi connectivity index (χ4v) is 4.37. The molecule has 1 spiro atoms. The Morgan fingerprint density at radius 1 is 1.19 bits per heavy atom. The zero-order valence-corrected chi connectivity index (χ0v) is 15.8. The van der Waals surface area contributed by atoms with Crippen LogP contribution in [-0.2, 0) is 0 Å². The highest BCUT2D eigenvalue weighted by atomic mass is 35.5. The second kappa shape index (κ2) is 5.99. The number of para-hydroxylation sites is 2. The first-order valence-corrected chi connectivity index (χ1v) is 9.54. The molecule has 2 aliphatic rings. The Hall–Kier alpha value is -2.53. The molecule has 5 rings (SSSR count). The van der Waals surface area contributed by atoms with Crippen LogP contribution in [0.4, 0.5) is 6.01 Å². The molecule has 0 saturated carbocycles. The van der Waals surface area contributed by atoms with Crippen molar-refractivity contribution in [3.05, 3.63) is 52.5 Å². The number of hydrogen-bond donors (Lipinski definition) is 0. The number of ether oxygens (including phenoxy) is 1. The minimum atomic E-state index is -0.453. The summed E-state index contributed by atoms with van der Waals surface area (Å²) in [6.07, 6.45) is 1.89. The zero-order valence-electron chi connectivity index (χ0n) is 15.0. The van der Waals surface area contributed by atoms with Crippen LogP contribution >= 0.6 is 11.6 Å². The average molecular weight is 383 g/mol. The van der Waals surface area contributed by atoms with E-state index in [1.54, 1.807) is 6.07 Å². The summed E-state index contributed by atoms with van der Waals surface area (Å²) >= 11 is 6.11. The van der Waals surface area contributed by atoms with Gasteiger partial charge in [0.25, 0.3) is 6.01 Å². The number of Topliss-reactive ketones (excluding diaryl/α,β-unsaturated/α-hetero) is 1. The van der Waals surface area contributed by atoms with Crippen molar-refractivity contribution in [3.63, 3.8) is 0 Å². The molecular formula is C21H19ClN2O3. The van der Waals surface area contributed by atoms with Gasteiger partial charge in [0.1, 0.15) is 16.9 Å². The molecule has 27 heavy (non-hydrogen) atoms. The number of hydrogen-bond acceptors (Lipinski definition) is 5. The molecule has 0 atom stereocenters. The smallest absolute Gasteiger partial charge is 0.298 e. The highest BCUT2D eigenvalue weighted by Gasteiger charge is 2.44. The van der Waals surface area contributed by atoms with Gasteiger partial charge in [0.2, 0.25) is 0 Å². The Bertz CT molecular complexity index is 1020. The molecule has 2 aliphatic heterocycles. The van der Waals surface area contributed by atoms with Crippen molar-refractivity contribution >= 4 is 34.5 Å². The molecule has 0 unspecified atom stereocenters. The van der Waals surface area contributed by atoms with Crippen LogP contribution in [0.15, 0.2) is 40.8 Å². The van der Waals surface area contributed by atoms with Crippen LogP contribution in [0.2, 0.25) is 5.02 Å². The maximum atomic E-state index is 12.7. The number of carbonyl (C=O) groups is 1. The monoisotopic (exact) mass is 382 g/mol. The van der Waals surface area contributed by atoms with Crippen LogP contribution in [0.1, 0.15) is 35.2 Å². The number of halogens is 1. The van der Waals surface area contributed by atoms with Crippen LogP contribution in [0, 0.1) is 6.92 Å². The number of piperidine rings is 1. The van der Waals surface area contributed by atoms with Crippen molar-refractivity contribution in [3.8, 4) is 5.75 Å². The second-order valence-corrected chi connectivity index (χ2v) is 7.87. The Balaban J connectivity index is 1.39. The van der Waals surface area contributed by atoms with Gasteiger partial charge in [-0.3, -0.25) is 4.79 Å². The maximum absolute atomic E-state index is 12.7. The topological polar surface area (TPSA) is 55.6 Å². The summed E-state index contributed by atoms with van der Waals surface area (Å²) in [5.41, 5.74) is 2.71. The van der Waals surface area contributed by atoms with Crippen LogP contribution < -0.4 is 9.64 Å². The second-order valence-electron chi connectivity index (χ2n) is 7.44. The van der Waals surface area contributed by atoms with Gasteiger partial charge in [0, 0.05) is 31.0 Å². The first-order chi connectivity index (χ1) is 13.0. The van der Waals surface area contributed by atoms with Crippen molar-refractivity contribution in [2.45, 2.75) is 31.8 Å². The van der Waals surface area contributed by atoms with Crippen molar-refractivity contribution in [2.75, 3.05) is 18.0 Å². The Labute approximate surface area is 161 Å². The van der Waals surface area contributed by atoms with Gasteiger partial charge < -0.3 is 14.1 Å². The highest BCUT2D eigenvalue weighted by molar-refractivity contribution is 6.31. The lowest BCUT2D eigenvalue weighted by Gasteiger charge is -2.44. The van der Waals surface area contributed by atoms with Gasteiger partial charge in [-0.2, -0.15) is 4.98 Å². The van der Waals surface area contributed by atoms with Gasteiger partial charge >= 0.3 is 0 Å². The fraction of sp³-hybridized carbons (Fsp3) is 0.333. The van der Waals surface area contributed by atoms with Crippen LogP contribution in [-0.4, -0.2) is 29.5 Å². The Morgan fingerprint density at radius 2 is 1.96 bits per heavy atom. The van der Waals surface area contributed by atoms with Gasteiger partial charge in [0.15, 0.2) is 11.4 Å². The third-order valence-corrected chi connectivity index (χ3v) is 5.79. The van der Waals surface area contributed by atoms with E-state index in [1.165, 1.54) is 0 Å². The number of anilines is 1. The summed E-state index contributed by atoms with van der Waals surface area (Å²) in [6.45, 7) is 3.41. The molecule has 1 aromatic heterocycles. The maximum Gasteiger partial charge on any atom is 0.298 e. The summed E-state index contributed by atoms with van der Waals surface area (Å²) in [5.74, 6) is 0.795. The first-order valence-electron chi connectivity index (χ1n) is 9.16. The quantitative estimate of drug-likeness (QED) is 0.605. The molecule has 0 aliphatic carbocycles. The summed E-state index contributed by atoms with van der Waals surface area (Å²) in [5, 5.41) is 0.574. The summed E-state index contributed by atoms with van der Waals surface area (Å²) < 4.78 is 12.3. The predicted octanol–water partition coefficient (Wildman–Crippen LogP) is 4.79. The standard InChI is InChI=1S/C21H19ClN2O3/c1-13-10-14(22)11-15-17(25)12-21(27-19(13)15)6-8-24(9-7-21)20-23-16-4-2-3-5-18(16)26-20/h2-5,10-11H,6-9,12H2,1H3. The van der Waals surface area contributed by atoms with E-state index in [0.29, 0.717) is 28.8 Å². The van der Waals surface area contributed by atoms with Gasteiger partial charge in [0.05, 0.1) is 12.0 Å². The van der Waals surface area contributed by atoms with Crippen LogP contribution in [0.5, 0.6) is 5.75 Å². The molecule has 5 nitrogen and oxygen atoms in total. The number of ketones is 1. The molecule has 2 aromatic carbocycles. The number of nitrogens with zero attached hydrogens (tertiary/aromatic N) is 2. The van der Waals surface area contributed by atoms with E-state index in [-0.39, 0.29) is 5.78 Å². The number of rotatable bonds is 1. The summed E-state index contributed by atoms with van der Waals surface area (Å²) in [7, 11) is 0. The number of fused-ring (bicyclic) bond motifs is 2. The van der Waals surface area contributed by atoms with Crippen LogP contribution in [0.25, 0.3) is 11.1 Å². The SMILES string of the molecule is Cc1cc(Cl)cc2c1OC1(CCN(c3nc4ccccc4o3)CC1)CC2=O. The number of aryl methyl sites for hydroxylation is 1. The molecule has 3 aromatic rings. The molecule has 1 fully saturated rings. The molecule has 3 heterocycles. The van der Waals surface area contributed by atoms with E-state index in [2.05, 4.69) is 9.88 Å². The molecule has 1 saturated heterocycles. The lowest BCUT2D eigenvalue weighted by atomic mass is 9.82. The molecule has 6 heteroatoms. The van der Waals surface area contributed by atoms with Gasteiger partial charge in [-0.1, -0.05) is 23.7 Å². The summed E-state index contributed by atoms with van der Waals surface area (Å²) in [4.78, 5) is 19.5. The zero-order chi connectivity index (χ0) is 18.6. The van der Waals surface area contributed by atoms with E-state index in [0.717, 1.165) is 42.6 Å². The molecule has 0 radical (unpaired) electrons. The minimum absolute atomic E-state index is 0.108. The predicted molar refractivity (Wildman–Crippen MR) is 104 cm³/mol. The first kappa shape index (κ1) is 16.6. The summed E-state index contributed by atoms with van der Waals surface area (Å²) in [6, 6.07) is 12.0. The van der Waals surface area contributed by atoms with E-state index in [4.69, 9.17) is 20.8 Å². The fourth-order valence-electron chi connectivity index (χ4n) is 4.09. The third kappa shape index (κ3) is 2.77. The van der Waals surface area contributed by atoms with Crippen molar-refractivity contribution in [1.82, 2.24) is 4.98 Å². The third-order valence-electron chi connectivity index (χ3n) is 5.57. The van der Waals surface area contributed by atoms with E-state index < -0.39 is 5.60 Å². The van der Waals surface area contributed by atoms with Crippen molar-refractivity contribution in [2.24, 2.45) is 0 Å². The molecular weight excluding hydrogens is 364 g/mol. The average Bonchev–Trinajstić information content (AvgIpc) is 3.08. The number of benzene rings is 2. The van der Waals surface area contributed by atoms with Crippen molar-refractivity contribution < 1.29 is 13.9 Å². The highest BCUT2D eigenvalue weighted by Crippen LogP contribution is 2.42. The largest absolute Gasteiger partial charge is 0.486 e. The Kier molecular flexibility index (Phi) is 3.69. The number of aromatic nitrogens is 1. The number of carbonyl (C=O) groups excluding carboxylic acids is 1. The molecule has 0 N–H and O–H groups in total. The van der Waals surface area contributed by atoms with E-state index in [9.17, 15) is 4.79 Å². The molecule has 138 valence electrons. The molecule has 0 amide bonds. The van der Waals surface area contributed by atoms with Crippen molar-refractivity contribution in [1.29, 1.82) is 0 Å². The molecule has 0 bridgehead atoms.